The second kappa shape index (κ2) is 5.97. The Labute approximate surface area is 115 Å². The van der Waals surface area contributed by atoms with Crippen molar-refractivity contribution in [3.05, 3.63) is 33.4 Å². The molecule has 0 atom stereocenters. The lowest BCUT2D eigenvalue weighted by atomic mass is 10.1. The van der Waals surface area contributed by atoms with Crippen LogP contribution in [0.5, 0.6) is 0 Å². The SMILES string of the molecule is CCCOC(=O)c1cc([N+](=O)[O-])c(C)c(S(N)(=O)=O)c1. The van der Waals surface area contributed by atoms with E-state index in [0.29, 0.717) is 6.42 Å². The average Bonchev–Trinajstić information content (AvgIpc) is 2.34. The van der Waals surface area contributed by atoms with E-state index in [1.54, 1.807) is 6.92 Å². The van der Waals surface area contributed by atoms with Crippen molar-refractivity contribution in [1.82, 2.24) is 0 Å². The highest BCUT2D eigenvalue weighted by atomic mass is 32.2. The van der Waals surface area contributed by atoms with Gasteiger partial charge in [0.05, 0.1) is 22.0 Å². The molecule has 8 nitrogen and oxygen atoms in total. The third-order valence-electron chi connectivity index (χ3n) is 2.51. The van der Waals surface area contributed by atoms with Crippen LogP contribution in [-0.2, 0) is 14.8 Å². The molecule has 0 saturated carbocycles. The normalized spacial score (nSPS) is 11.2. The third-order valence-corrected chi connectivity index (χ3v) is 3.55. The van der Waals surface area contributed by atoms with Crippen LogP contribution in [0.25, 0.3) is 0 Å². The highest BCUT2D eigenvalue weighted by Crippen LogP contribution is 2.26. The van der Waals surface area contributed by atoms with Gasteiger partial charge in [0.15, 0.2) is 0 Å². The van der Waals surface area contributed by atoms with Crippen molar-refractivity contribution in [3.63, 3.8) is 0 Å². The molecule has 0 aliphatic rings. The number of carbonyl (C=O) groups excluding carboxylic acids is 1. The van der Waals surface area contributed by atoms with Gasteiger partial charge in [0.2, 0.25) is 10.0 Å². The van der Waals surface area contributed by atoms with Crippen LogP contribution in [0.1, 0.15) is 29.3 Å². The largest absolute Gasteiger partial charge is 0.462 e. The van der Waals surface area contributed by atoms with Crippen molar-refractivity contribution in [2.75, 3.05) is 6.61 Å². The summed E-state index contributed by atoms with van der Waals surface area (Å²) in [5.41, 5.74) is -0.843. The Morgan fingerprint density at radius 1 is 1.45 bits per heavy atom. The van der Waals surface area contributed by atoms with Crippen molar-refractivity contribution < 1.29 is 22.9 Å². The Morgan fingerprint density at radius 2 is 2.05 bits per heavy atom. The molecular weight excluding hydrogens is 288 g/mol. The van der Waals surface area contributed by atoms with Gasteiger partial charge in [0, 0.05) is 11.6 Å². The standard InChI is InChI=1S/C11H14N2O6S/c1-3-4-19-11(14)8-5-9(13(15)16)7(2)10(6-8)20(12,17)18/h5-6H,3-4H2,1-2H3,(H2,12,17,18). The van der Waals surface area contributed by atoms with Gasteiger partial charge >= 0.3 is 5.97 Å². The number of hydrogen-bond donors (Lipinski definition) is 1. The molecule has 0 aromatic heterocycles. The van der Waals surface area contributed by atoms with Crippen LogP contribution in [0.2, 0.25) is 0 Å². The maximum Gasteiger partial charge on any atom is 0.338 e. The summed E-state index contributed by atoms with van der Waals surface area (Å²) in [6, 6.07) is 1.96. The number of sulfonamides is 1. The molecule has 0 heterocycles. The lowest BCUT2D eigenvalue weighted by Crippen LogP contribution is -2.16. The molecule has 0 fully saturated rings. The minimum absolute atomic E-state index is 0.121. The maximum atomic E-state index is 11.7. The molecule has 9 heteroatoms. The molecule has 0 aliphatic carbocycles. The highest BCUT2D eigenvalue weighted by molar-refractivity contribution is 7.89. The number of ether oxygens (including phenoxy) is 1. The van der Waals surface area contributed by atoms with Gasteiger partial charge < -0.3 is 4.74 Å². The van der Waals surface area contributed by atoms with Crippen molar-refractivity contribution in [1.29, 1.82) is 0 Å². The first kappa shape index (κ1) is 16.1. The minimum atomic E-state index is -4.18. The second-order valence-electron chi connectivity index (χ2n) is 4.06. The molecule has 0 bridgehead atoms. The molecule has 0 aliphatic heterocycles. The second-order valence-corrected chi connectivity index (χ2v) is 5.59. The molecule has 0 spiro atoms. The number of nitro groups is 1. The molecule has 2 N–H and O–H groups in total. The number of primary sulfonamides is 1. The van der Waals surface area contributed by atoms with Gasteiger partial charge in [-0.2, -0.15) is 0 Å². The molecule has 0 amide bonds. The number of esters is 1. The fourth-order valence-electron chi connectivity index (χ4n) is 1.55. The maximum absolute atomic E-state index is 11.7. The molecule has 0 saturated heterocycles. The Balaban J connectivity index is 3.45. The van der Waals surface area contributed by atoms with Crippen molar-refractivity contribution in [2.24, 2.45) is 5.14 Å². The van der Waals surface area contributed by atoms with Crippen LogP contribution < -0.4 is 5.14 Å². The topological polar surface area (TPSA) is 130 Å². The van der Waals surface area contributed by atoms with E-state index in [9.17, 15) is 23.3 Å². The van der Waals surface area contributed by atoms with Crippen LogP contribution >= 0.6 is 0 Å². The van der Waals surface area contributed by atoms with E-state index in [-0.39, 0.29) is 17.7 Å². The smallest absolute Gasteiger partial charge is 0.338 e. The number of benzene rings is 1. The van der Waals surface area contributed by atoms with E-state index in [0.717, 1.165) is 12.1 Å². The van der Waals surface area contributed by atoms with E-state index in [4.69, 9.17) is 9.88 Å². The zero-order chi connectivity index (χ0) is 15.5. The number of nitrogens with two attached hydrogens (primary N) is 1. The molecule has 1 rings (SSSR count). The van der Waals surface area contributed by atoms with Gasteiger partial charge in [-0.05, 0) is 19.4 Å². The van der Waals surface area contributed by atoms with Gasteiger partial charge in [0.25, 0.3) is 5.69 Å². The summed E-state index contributed by atoms with van der Waals surface area (Å²) in [5.74, 6) is -0.833. The number of hydrogen-bond acceptors (Lipinski definition) is 6. The Hall–Kier alpha value is -2.00. The van der Waals surface area contributed by atoms with Crippen LogP contribution in [0.4, 0.5) is 5.69 Å². The Morgan fingerprint density at radius 3 is 2.50 bits per heavy atom. The molecule has 110 valence electrons. The van der Waals surface area contributed by atoms with Crippen molar-refractivity contribution >= 4 is 21.7 Å². The molecule has 1 aromatic carbocycles. The van der Waals surface area contributed by atoms with E-state index < -0.39 is 31.5 Å². The Kier molecular flexibility index (Phi) is 4.79. The lowest BCUT2D eigenvalue weighted by Gasteiger charge is -2.08. The van der Waals surface area contributed by atoms with Crippen LogP contribution in [-0.4, -0.2) is 25.9 Å². The van der Waals surface area contributed by atoms with E-state index >= 15 is 0 Å². The summed E-state index contributed by atoms with van der Waals surface area (Å²) in [6.45, 7) is 3.16. The predicted octanol–water partition coefficient (Wildman–Crippen LogP) is 1.12. The quantitative estimate of drug-likeness (QED) is 0.492. The first-order valence-corrected chi connectivity index (χ1v) is 7.22. The van der Waals surface area contributed by atoms with Gasteiger partial charge in [-0.3, -0.25) is 10.1 Å². The van der Waals surface area contributed by atoms with Crippen LogP contribution in [0, 0.1) is 17.0 Å². The fraction of sp³-hybridized carbons (Fsp3) is 0.364. The molecule has 1 aromatic rings. The third kappa shape index (κ3) is 3.52. The first-order valence-electron chi connectivity index (χ1n) is 5.67. The summed E-state index contributed by atoms with van der Waals surface area (Å²) in [7, 11) is -4.18. The van der Waals surface area contributed by atoms with Crippen LogP contribution in [0.15, 0.2) is 17.0 Å². The molecular formula is C11H14N2O6S. The van der Waals surface area contributed by atoms with Crippen LogP contribution in [0.3, 0.4) is 0 Å². The monoisotopic (exact) mass is 302 g/mol. The van der Waals surface area contributed by atoms with Gasteiger partial charge in [-0.1, -0.05) is 6.92 Å². The minimum Gasteiger partial charge on any atom is -0.462 e. The van der Waals surface area contributed by atoms with Crippen molar-refractivity contribution in [3.8, 4) is 0 Å². The number of nitrogens with zero attached hydrogens (tertiary/aromatic N) is 1. The number of rotatable bonds is 5. The van der Waals surface area contributed by atoms with Gasteiger partial charge in [0.1, 0.15) is 0 Å². The zero-order valence-corrected chi connectivity index (χ0v) is 11.8. The van der Waals surface area contributed by atoms with Crippen molar-refractivity contribution in [2.45, 2.75) is 25.2 Å². The lowest BCUT2D eigenvalue weighted by molar-refractivity contribution is -0.385. The summed E-state index contributed by atoms with van der Waals surface area (Å²) in [6.07, 6.45) is 0.571. The number of nitro benzene ring substituents is 1. The van der Waals surface area contributed by atoms with E-state index in [2.05, 4.69) is 0 Å². The predicted molar refractivity (Wildman–Crippen MR) is 69.8 cm³/mol. The molecule has 0 unspecified atom stereocenters. The average molecular weight is 302 g/mol. The fourth-order valence-corrected chi connectivity index (χ4v) is 2.38. The summed E-state index contributed by atoms with van der Waals surface area (Å²) >= 11 is 0. The summed E-state index contributed by atoms with van der Waals surface area (Å²) in [4.78, 5) is 21.4. The number of carbonyl (C=O) groups is 1. The molecule has 20 heavy (non-hydrogen) atoms. The summed E-state index contributed by atoms with van der Waals surface area (Å²) in [5, 5.41) is 15.9. The Bertz CT molecular complexity index is 653. The highest BCUT2D eigenvalue weighted by Gasteiger charge is 2.24. The van der Waals surface area contributed by atoms with Gasteiger partial charge in [-0.25, -0.2) is 18.4 Å². The van der Waals surface area contributed by atoms with E-state index in [1.165, 1.54) is 6.92 Å². The van der Waals surface area contributed by atoms with E-state index in [1.807, 2.05) is 0 Å². The van der Waals surface area contributed by atoms with Gasteiger partial charge in [-0.15, -0.1) is 0 Å². The first-order chi connectivity index (χ1) is 9.18. The molecule has 0 radical (unpaired) electrons. The summed E-state index contributed by atoms with van der Waals surface area (Å²) < 4.78 is 27.7. The zero-order valence-electron chi connectivity index (χ0n) is 11.0.